The summed E-state index contributed by atoms with van der Waals surface area (Å²) in [4.78, 5) is 10.2. The molecule has 0 fully saturated rings. The maximum absolute atomic E-state index is 12.8. The first-order valence-corrected chi connectivity index (χ1v) is 9.74. The van der Waals surface area contributed by atoms with Gasteiger partial charge < -0.3 is 14.4 Å². The Morgan fingerprint density at radius 2 is 1.85 bits per heavy atom. The second-order valence-corrected chi connectivity index (χ2v) is 7.28. The number of ether oxygens (including phenoxy) is 2. The SMILES string of the molecule is CCOc1ccc(OCC)c(S(=O)(=O)NCc2ccnc(N(C)C)n2)c1. The van der Waals surface area contributed by atoms with Crippen molar-refractivity contribution in [3.63, 3.8) is 0 Å². The van der Waals surface area contributed by atoms with Crippen molar-refractivity contribution in [2.45, 2.75) is 25.3 Å². The van der Waals surface area contributed by atoms with E-state index < -0.39 is 10.0 Å². The van der Waals surface area contributed by atoms with Crippen LogP contribution in [0.2, 0.25) is 0 Å². The van der Waals surface area contributed by atoms with E-state index in [0.29, 0.717) is 30.6 Å². The quantitative estimate of drug-likeness (QED) is 0.709. The monoisotopic (exact) mass is 380 g/mol. The van der Waals surface area contributed by atoms with Crippen molar-refractivity contribution < 1.29 is 17.9 Å². The van der Waals surface area contributed by atoms with Crippen LogP contribution in [0, 0.1) is 0 Å². The zero-order valence-electron chi connectivity index (χ0n) is 15.4. The summed E-state index contributed by atoms with van der Waals surface area (Å²) in [6.07, 6.45) is 1.59. The molecular weight excluding hydrogens is 356 g/mol. The molecule has 142 valence electrons. The molecule has 26 heavy (non-hydrogen) atoms. The second-order valence-electron chi connectivity index (χ2n) is 5.54. The topological polar surface area (TPSA) is 93.6 Å². The van der Waals surface area contributed by atoms with Crippen molar-refractivity contribution in [3.05, 3.63) is 36.2 Å². The van der Waals surface area contributed by atoms with Gasteiger partial charge in [0.15, 0.2) is 0 Å². The van der Waals surface area contributed by atoms with Gasteiger partial charge >= 0.3 is 0 Å². The van der Waals surface area contributed by atoms with Gasteiger partial charge in [-0.25, -0.2) is 23.1 Å². The predicted molar refractivity (Wildman–Crippen MR) is 99.2 cm³/mol. The van der Waals surface area contributed by atoms with E-state index in [1.807, 2.05) is 21.0 Å². The number of nitrogens with one attached hydrogen (secondary N) is 1. The first-order valence-electron chi connectivity index (χ1n) is 8.26. The molecule has 0 saturated heterocycles. The smallest absolute Gasteiger partial charge is 0.244 e. The Balaban J connectivity index is 2.26. The van der Waals surface area contributed by atoms with E-state index in [9.17, 15) is 8.42 Å². The van der Waals surface area contributed by atoms with Crippen LogP contribution in [0.25, 0.3) is 0 Å². The highest BCUT2D eigenvalue weighted by atomic mass is 32.2. The molecule has 8 nitrogen and oxygen atoms in total. The van der Waals surface area contributed by atoms with Crippen LogP contribution in [0.5, 0.6) is 11.5 Å². The highest BCUT2D eigenvalue weighted by Crippen LogP contribution is 2.28. The van der Waals surface area contributed by atoms with Crippen molar-refractivity contribution in [1.82, 2.24) is 14.7 Å². The number of nitrogens with zero attached hydrogens (tertiary/aromatic N) is 3. The van der Waals surface area contributed by atoms with E-state index in [1.165, 1.54) is 6.07 Å². The van der Waals surface area contributed by atoms with Crippen LogP contribution in [0.4, 0.5) is 5.95 Å². The number of aromatic nitrogens is 2. The number of sulfonamides is 1. The molecule has 1 heterocycles. The Hall–Kier alpha value is -2.39. The van der Waals surface area contributed by atoms with Crippen molar-refractivity contribution in [2.75, 3.05) is 32.2 Å². The van der Waals surface area contributed by atoms with E-state index in [0.717, 1.165) is 0 Å². The van der Waals surface area contributed by atoms with Gasteiger partial charge in [-0.15, -0.1) is 0 Å². The van der Waals surface area contributed by atoms with E-state index in [1.54, 1.807) is 36.2 Å². The summed E-state index contributed by atoms with van der Waals surface area (Å²) >= 11 is 0. The lowest BCUT2D eigenvalue weighted by Crippen LogP contribution is -2.25. The summed E-state index contributed by atoms with van der Waals surface area (Å²) in [7, 11) is -0.182. The van der Waals surface area contributed by atoms with E-state index in [-0.39, 0.29) is 17.2 Å². The maximum Gasteiger partial charge on any atom is 0.244 e. The minimum absolute atomic E-state index is 0.0344. The van der Waals surface area contributed by atoms with Crippen LogP contribution in [-0.2, 0) is 16.6 Å². The largest absolute Gasteiger partial charge is 0.494 e. The number of hydrogen-bond donors (Lipinski definition) is 1. The highest BCUT2D eigenvalue weighted by Gasteiger charge is 2.21. The van der Waals surface area contributed by atoms with Gasteiger partial charge in [0, 0.05) is 26.4 Å². The summed E-state index contributed by atoms with van der Waals surface area (Å²) in [5.74, 6) is 1.25. The number of benzene rings is 1. The molecule has 9 heteroatoms. The molecule has 1 N–H and O–H groups in total. The fourth-order valence-electron chi connectivity index (χ4n) is 2.17. The maximum atomic E-state index is 12.8. The summed E-state index contributed by atoms with van der Waals surface area (Å²) < 4.78 is 39.0. The van der Waals surface area contributed by atoms with Crippen LogP contribution in [0.15, 0.2) is 35.4 Å². The summed E-state index contributed by atoms with van der Waals surface area (Å²) in [6.45, 7) is 4.46. The molecule has 0 unspecified atom stereocenters. The molecule has 0 atom stereocenters. The van der Waals surface area contributed by atoms with Gasteiger partial charge in [-0.05, 0) is 32.0 Å². The molecule has 0 aliphatic heterocycles. The van der Waals surface area contributed by atoms with Crippen LogP contribution >= 0.6 is 0 Å². The minimum atomic E-state index is -3.81. The molecule has 0 bridgehead atoms. The Labute approximate surface area is 154 Å². The fraction of sp³-hybridized carbons (Fsp3) is 0.412. The molecule has 0 spiro atoms. The van der Waals surface area contributed by atoms with Gasteiger partial charge in [0.2, 0.25) is 16.0 Å². The van der Waals surface area contributed by atoms with E-state index >= 15 is 0 Å². The molecule has 0 amide bonds. The third-order valence-electron chi connectivity index (χ3n) is 3.36. The molecule has 0 aliphatic carbocycles. The Kier molecular flexibility index (Phi) is 6.76. The van der Waals surface area contributed by atoms with Gasteiger partial charge in [0.25, 0.3) is 0 Å². The molecule has 1 aromatic carbocycles. The van der Waals surface area contributed by atoms with Crippen molar-refractivity contribution in [2.24, 2.45) is 0 Å². The normalized spacial score (nSPS) is 11.2. The lowest BCUT2D eigenvalue weighted by atomic mass is 10.3. The molecule has 1 aromatic heterocycles. The van der Waals surface area contributed by atoms with Gasteiger partial charge in [-0.1, -0.05) is 0 Å². The molecular formula is C17H24N4O4S. The Morgan fingerprint density at radius 1 is 1.12 bits per heavy atom. The lowest BCUT2D eigenvalue weighted by molar-refractivity contribution is 0.322. The van der Waals surface area contributed by atoms with Crippen LogP contribution < -0.4 is 19.1 Å². The summed E-state index contributed by atoms with van der Waals surface area (Å²) in [5.41, 5.74) is 0.561. The number of anilines is 1. The van der Waals surface area contributed by atoms with E-state index in [2.05, 4.69) is 14.7 Å². The van der Waals surface area contributed by atoms with Crippen molar-refractivity contribution >= 4 is 16.0 Å². The molecule has 0 saturated carbocycles. The Morgan fingerprint density at radius 3 is 2.50 bits per heavy atom. The molecule has 0 aliphatic rings. The summed E-state index contributed by atoms with van der Waals surface area (Å²) in [6, 6.07) is 6.40. The third-order valence-corrected chi connectivity index (χ3v) is 4.78. The first kappa shape index (κ1) is 19.9. The van der Waals surface area contributed by atoms with Gasteiger partial charge in [0.1, 0.15) is 16.4 Å². The van der Waals surface area contributed by atoms with E-state index in [4.69, 9.17) is 9.47 Å². The van der Waals surface area contributed by atoms with Gasteiger partial charge in [-0.3, -0.25) is 0 Å². The van der Waals surface area contributed by atoms with Crippen LogP contribution in [0.1, 0.15) is 19.5 Å². The lowest BCUT2D eigenvalue weighted by Gasteiger charge is -2.14. The average molecular weight is 380 g/mol. The predicted octanol–water partition coefficient (Wildman–Crippen LogP) is 1.82. The van der Waals surface area contributed by atoms with Crippen molar-refractivity contribution in [3.8, 4) is 11.5 Å². The number of hydrogen-bond acceptors (Lipinski definition) is 7. The summed E-state index contributed by atoms with van der Waals surface area (Å²) in [5, 5.41) is 0. The van der Waals surface area contributed by atoms with Gasteiger partial charge in [-0.2, -0.15) is 0 Å². The fourth-order valence-corrected chi connectivity index (χ4v) is 3.33. The highest BCUT2D eigenvalue weighted by molar-refractivity contribution is 7.89. The van der Waals surface area contributed by atoms with Crippen LogP contribution in [0.3, 0.4) is 0 Å². The van der Waals surface area contributed by atoms with Crippen molar-refractivity contribution in [1.29, 1.82) is 0 Å². The number of rotatable bonds is 9. The third kappa shape index (κ3) is 5.06. The van der Waals surface area contributed by atoms with Gasteiger partial charge in [0.05, 0.1) is 25.5 Å². The van der Waals surface area contributed by atoms with Crippen LogP contribution in [-0.4, -0.2) is 45.7 Å². The molecule has 0 radical (unpaired) electrons. The molecule has 2 aromatic rings. The minimum Gasteiger partial charge on any atom is -0.494 e. The Bertz CT molecular complexity index is 840. The standard InChI is InChI=1S/C17H24N4O4S/c1-5-24-14-7-8-15(25-6-2)16(11-14)26(22,23)19-12-13-9-10-18-17(20-13)21(3)4/h7-11,19H,5-6,12H2,1-4H3. The first-order chi connectivity index (χ1) is 12.4. The average Bonchev–Trinajstić information content (AvgIpc) is 2.62. The zero-order valence-corrected chi connectivity index (χ0v) is 16.2. The second kappa shape index (κ2) is 8.81. The zero-order chi connectivity index (χ0) is 19.2. The molecule has 2 rings (SSSR count).